The predicted octanol–water partition coefficient (Wildman–Crippen LogP) is -0.350. The quantitative estimate of drug-likeness (QED) is 0.797. The van der Waals surface area contributed by atoms with E-state index in [-0.39, 0.29) is 0 Å². The summed E-state index contributed by atoms with van der Waals surface area (Å²) in [4.78, 5) is 0.304. The molecule has 6 nitrogen and oxygen atoms in total. The van der Waals surface area contributed by atoms with Crippen LogP contribution in [0.4, 0.5) is 0 Å². The fraction of sp³-hybridized carbons (Fsp3) is 0.727. The van der Waals surface area contributed by atoms with E-state index in [1.807, 2.05) is 0 Å². The Balaban J connectivity index is 1.86. The molecule has 2 aliphatic heterocycles. The molecule has 2 atom stereocenters. The molecule has 0 spiro atoms. The summed E-state index contributed by atoms with van der Waals surface area (Å²) >= 11 is 0. The molecule has 0 amide bonds. The summed E-state index contributed by atoms with van der Waals surface area (Å²) < 4.78 is 28.1. The molecule has 1 aromatic heterocycles. The summed E-state index contributed by atoms with van der Waals surface area (Å²) in [6, 6.07) is 0. The van der Waals surface area contributed by atoms with Gasteiger partial charge in [-0.25, -0.2) is 8.42 Å². The lowest BCUT2D eigenvalue weighted by Gasteiger charge is -2.40. The fourth-order valence-electron chi connectivity index (χ4n) is 2.94. The number of hydrogen-bond donors (Lipinski definition) is 1. The van der Waals surface area contributed by atoms with Crippen molar-refractivity contribution >= 4 is 10.0 Å². The Labute approximate surface area is 107 Å². The number of piperidine rings is 2. The van der Waals surface area contributed by atoms with Crippen molar-refractivity contribution in [3.63, 3.8) is 0 Å². The minimum Gasteiger partial charge on any atom is -0.316 e. The highest BCUT2D eigenvalue weighted by Crippen LogP contribution is 2.28. The lowest BCUT2D eigenvalue weighted by Crippen LogP contribution is -2.52. The highest BCUT2D eigenvalue weighted by Gasteiger charge is 2.37. The monoisotopic (exact) mass is 270 g/mol. The van der Waals surface area contributed by atoms with Gasteiger partial charge in [-0.2, -0.15) is 9.40 Å². The SMILES string of the molecule is Cn1cc(S(=O)(=O)N2C[C@@H]3CNC[C@@H](C3)C2)cn1. The van der Waals surface area contributed by atoms with Crippen molar-refractivity contribution in [1.82, 2.24) is 19.4 Å². The first-order valence-electron chi connectivity index (χ1n) is 6.25. The molecule has 1 N–H and O–H groups in total. The van der Waals surface area contributed by atoms with Crippen LogP contribution in [0.1, 0.15) is 6.42 Å². The van der Waals surface area contributed by atoms with Gasteiger partial charge in [-0.3, -0.25) is 4.68 Å². The average Bonchev–Trinajstić information content (AvgIpc) is 2.76. The van der Waals surface area contributed by atoms with E-state index < -0.39 is 10.0 Å². The van der Waals surface area contributed by atoms with Crippen LogP contribution < -0.4 is 5.32 Å². The van der Waals surface area contributed by atoms with Crippen molar-refractivity contribution in [3.8, 4) is 0 Å². The molecule has 1 aromatic rings. The van der Waals surface area contributed by atoms with Crippen molar-refractivity contribution < 1.29 is 8.42 Å². The first kappa shape index (κ1) is 12.1. The first-order chi connectivity index (χ1) is 8.55. The Morgan fingerprint density at radius 2 is 2.00 bits per heavy atom. The zero-order valence-corrected chi connectivity index (χ0v) is 11.2. The second-order valence-electron chi connectivity index (χ2n) is 5.30. The molecule has 2 bridgehead atoms. The Hall–Kier alpha value is -0.920. The fourth-order valence-corrected chi connectivity index (χ4v) is 4.51. The minimum atomic E-state index is -3.36. The number of hydrogen-bond acceptors (Lipinski definition) is 4. The molecule has 3 heterocycles. The molecule has 7 heteroatoms. The van der Waals surface area contributed by atoms with Crippen LogP contribution in [0, 0.1) is 11.8 Å². The summed E-state index contributed by atoms with van der Waals surface area (Å²) in [5.41, 5.74) is 0. The van der Waals surface area contributed by atoms with Gasteiger partial charge >= 0.3 is 0 Å². The topological polar surface area (TPSA) is 67.2 Å². The first-order valence-corrected chi connectivity index (χ1v) is 7.69. The van der Waals surface area contributed by atoms with E-state index in [2.05, 4.69) is 10.4 Å². The maximum Gasteiger partial charge on any atom is 0.246 e. The van der Waals surface area contributed by atoms with Crippen LogP contribution in [0.25, 0.3) is 0 Å². The number of fused-ring (bicyclic) bond motifs is 2. The van der Waals surface area contributed by atoms with E-state index >= 15 is 0 Å². The minimum absolute atomic E-state index is 0.304. The number of nitrogens with zero attached hydrogens (tertiary/aromatic N) is 3. The summed E-state index contributed by atoms with van der Waals surface area (Å²) in [7, 11) is -1.63. The van der Waals surface area contributed by atoms with Crippen LogP contribution in [0.3, 0.4) is 0 Å². The number of rotatable bonds is 2. The lowest BCUT2D eigenvalue weighted by molar-refractivity contribution is 0.158. The van der Waals surface area contributed by atoms with Crippen LogP contribution in [0.2, 0.25) is 0 Å². The van der Waals surface area contributed by atoms with Crippen molar-refractivity contribution in [2.24, 2.45) is 18.9 Å². The third kappa shape index (κ3) is 2.06. The van der Waals surface area contributed by atoms with Gasteiger partial charge in [0.15, 0.2) is 0 Å². The summed E-state index contributed by atoms with van der Waals surface area (Å²) in [5.74, 6) is 0.896. The predicted molar refractivity (Wildman–Crippen MR) is 66.4 cm³/mol. The van der Waals surface area contributed by atoms with Crippen molar-refractivity contribution in [3.05, 3.63) is 12.4 Å². The van der Waals surface area contributed by atoms with Gasteiger partial charge in [0, 0.05) is 26.3 Å². The van der Waals surface area contributed by atoms with E-state index in [9.17, 15) is 8.42 Å². The summed E-state index contributed by atoms with van der Waals surface area (Å²) in [5, 5.41) is 7.31. The van der Waals surface area contributed by atoms with Gasteiger partial charge in [0.05, 0.1) is 6.20 Å². The highest BCUT2D eigenvalue weighted by atomic mass is 32.2. The third-order valence-electron chi connectivity index (χ3n) is 3.78. The maximum atomic E-state index is 12.5. The molecule has 0 unspecified atom stereocenters. The standard InChI is InChI=1S/C11H18N4O2S/c1-14-8-11(5-13-14)18(16,17)15-6-9-2-10(7-15)4-12-3-9/h5,8-10,12H,2-4,6-7H2,1H3/t9-,10+. The molecular weight excluding hydrogens is 252 g/mol. The summed E-state index contributed by atoms with van der Waals surface area (Å²) in [6.45, 7) is 3.10. The number of sulfonamides is 1. The summed E-state index contributed by atoms with van der Waals surface area (Å²) in [6.07, 6.45) is 4.14. The second kappa shape index (κ2) is 4.32. The van der Waals surface area contributed by atoms with Crippen LogP contribution in [-0.4, -0.2) is 48.7 Å². The molecule has 0 aliphatic carbocycles. The zero-order valence-electron chi connectivity index (χ0n) is 10.4. The Bertz CT molecular complexity index is 527. The largest absolute Gasteiger partial charge is 0.316 e. The van der Waals surface area contributed by atoms with Crippen LogP contribution in [0.15, 0.2) is 17.3 Å². The molecule has 0 radical (unpaired) electrons. The number of aryl methyl sites for hydroxylation is 1. The Morgan fingerprint density at radius 1 is 1.33 bits per heavy atom. The van der Waals surface area contributed by atoms with E-state index in [1.165, 1.54) is 10.9 Å². The normalized spacial score (nSPS) is 29.4. The molecule has 100 valence electrons. The number of nitrogens with one attached hydrogen (secondary N) is 1. The average molecular weight is 270 g/mol. The van der Waals surface area contributed by atoms with Gasteiger partial charge in [0.25, 0.3) is 0 Å². The van der Waals surface area contributed by atoms with E-state index in [1.54, 1.807) is 17.5 Å². The molecule has 2 aliphatic rings. The molecule has 18 heavy (non-hydrogen) atoms. The van der Waals surface area contributed by atoms with Gasteiger partial charge in [0.1, 0.15) is 4.90 Å². The molecule has 0 aromatic carbocycles. The number of aromatic nitrogens is 2. The van der Waals surface area contributed by atoms with Gasteiger partial charge in [-0.05, 0) is 31.3 Å². The van der Waals surface area contributed by atoms with Gasteiger partial charge in [-0.15, -0.1) is 0 Å². The van der Waals surface area contributed by atoms with Crippen molar-refractivity contribution in [1.29, 1.82) is 0 Å². The van der Waals surface area contributed by atoms with E-state index in [4.69, 9.17) is 0 Å². The molecule has 2 saturated heterocycles. The Kier molecular flexibility index (Phi) is 2.91. The highest BCUT2D eigenvalue weighted by molar-refractivity contribution is 7.89. The van der Waals surface area contributed by atoms with Gasteiger partial charge in [0.2, 0.25) is 10.0 Å². The second-order valence-corrected chi connectivity index (χ2v) is 7.24. The molecular formula is C11H18N4O2S. The van der Waals surface area contributed by atoms with Crippen LogP contribution >= 0.6 is 0 Å². The molecule has 3 rings (SSSR count). The van der Waals surface area contributed by atoms with Gasteiger partial charge in [-0.1, -0.05) is 0 Å². The smallest absolute Gasteiger partial charge is 0.246 e. The van der Waals surface area contributed by atoms with Crippen molar-refractivity contribution in [2.45, 2.75) is 11.3 Å². The van der Waals surface area contributed by atoms with E-state index in [0.717, 1.165) is 19.5 Å². The zero-order chi connectivity index (χ0) is 12.8. The third-order valence-corrected chi connectivity index (χ3v) is 5.56. The van der Waals surface area contributed by atoms with Gasteiger partial charge < -0.3 is 5.32 Å². The molecule has 0 saturated carbocycles. The Morgan fingerprint density at radius 3 is 2.56 bits per heavy atom. The molecule has 2 fully saturated rings. The lowest BCUT2D eigenvalue weighted by atomic mass is 9.87. The van der Waals surface area contributed by atoms with Crippen molar-refractivity contribution in [2.75, 3.05) is 26.2 Å². The van der Waals surface area contributed by atoms with E-state index in [0.29, 0.717) is 29.8 Å². The van der Waals surface area contributed by atoms with Crippen LogP contribution in [0.5, 0.6) is 0 Å². The van der Waals surface area contributed by atoms with Crippen LogP contribution in [-0.2, 0) is 17.1 Å². The maximum absolute atomic E-state index is 12.5.